The molecule has 2 aliphatic heterocycles. The summed E-state index contributed by atoms with van der Waals surface area (Å²) in [5, 5.41) is 16.5. The van der Waals surface area contributed by atoms with Gasteiger partial charge in [-0.05, 0) is 30.6 Å². The number of carboxylic acids is 1. The number of carbonyl (C=O) groups is 2. The molecule has 0 fully saturated rings. The number of carboxylic acid groups (broad SMARTS) is 1. The van der Waals surface area contributed by atoms with Gasteiger partial charge >= 0.3 is 5.97 Å². The Labute approximate surface area is 164 Å². The molecule has 28 heavy (non-hydrogen) atoms. The van der Waals surface area contributed by atoms with Crippen LogP contribution < -0.4 is 5.32 Å². The first-order chi connectivity index (χ1) is 13.5. The van der Waals surface area contributed by atoms with E-state index in [1.54, 1.807) is 17.0 Å². The number of rotatable bonds is 6. The lowest BCUT2D eigenvalue weighted by molar-refractivity contribution is -0.142. The Morgan fingerprint density at radius 1 is 1.29 bits per heavy atom. The molecular formula is C21H24N4O3. The molecule has 0 saturated heterocycles. The minimum atomic E-state index is -1.13. The summed E-state index contributed by atoms with van der Waals surface area (Å²) in [7, 11) is 1.88. The third kappa shape index (κ3) is 4.49. The van der Waals surface area contributed by atoms with Crippen LogP contribution in [0, 0.1) is 0 Å². The Kier molecular flexibility index (Phi) is 5.93. The predicted molar refractivity (Wildman–Crippen MR) is 107 cm³/mol. The van der Waals surface area contributed by atoms with Crippen molar-refractivity contribution in [1.29, 1.82) is 0 Å². The Hall–Kier alpha value is -3.35. The molecular weight excluding hydrogens is 356 g/mol. The summed E-state index contributed by atoms with van der Waals surface area (Å²) in [5.41, 5.74) is 3.95. The van der Waals surface area contributed by atoms with Crippen molar-refractivity contribution in [3.63, 3.8) is 0 Å². The van der Waals surface area contributed by atoms with Crippen LogP contribution in [0.2, 0.25) is 0 Å². The first-order valence-corrected chi connectivity index (χ1v) is 9.22. The number of carbonyl (C=O) groups excluding carboxylic acids is 1. The predicted octanol–water partition coefficient (Wildman–Crippen LogP) is 2.73. The van der Waals surface area contributed by atoms with E-state index in [0.717, 1.165) is 28.8 Å². The Morgan fingerprint density at radius 3 is 2.71 bits per heavy atom. The van der Waals surface area contributed by atoms with Crippen LogP contribution in [0.1, 0.15) is 31.7 Å². The monoisotopic (exact) mass is 380 g/mol. The van der Waals surface area contributed by atoms with Gasteiger partial charge in [0, 0.05) is 48.5 Å². The van der Waals surface area contributed by atoms with Gasteiger partial charge < -0.3 is 10.4 Å². The molecule has 2 aliphatic rings. The second-order valence-corrected chi connectivity index (χ2v) is 6.72. The highest BCUT2D eigenvalue weighted by molar-refractivity contribution is 5.95. The summed E-state index contributed by atoms with van der Waals surface area (Å²) in [6.45, 7) is 2.04. The quantitative estimate of drug-likeness (QED) is 0.741. The second kappa shape index (κ2) is 8.56. The summed E-state index contributed by atoms with van der Waals surface area (Å²) in [6.07, 6.45) is 18.0. The van der Waals surface area contributed by atoms with Crippen LogP contribution in [-0.2, 0) is 16.6 Å². The molecule has 0 spiro atoms. The zero-order valence-corrected chi connectivity index (χ0v) is 16.0. The maximum atomic E-state index is 12.3. The molecule has 0 aliphatic carbocycles. The fourth-order valence-electron chi connectivity index (χ4n) is 3.26. The summed E-state index contributed by atoms with van der Waals surface area (Å²) < 4.78 is 1.77. The SMILES string of the molecule is CC/C(CC1C=CC(c2cnn(C)c2)=CN1)=C1/C=CC=CN1C(=O)CC(=O)O. The highest BCUT2D eigenvalue weighted by atomic mass is 16.4. The first-order valence-electron chi connectivity index (χ1n) is 9.22. The maximum absolute atomic E-state index is 12.3. The van der Waals surface area contributed by atoms with Crippen molar-refractivity contribution in [2.75, 3.05) is 0 Å². The van der Waals surface area contributed by atoms with Crippen LogP contribution in [0.3, 0.4) is 0 Å². The first kappa shape index (κ1) is 19.4. The minimum absolute atomic E-state index is 0.0959. The number of aliphatic carboxylic acids is 1. The molecule has 0 aromatic carbocycles. The summed E-state index contributed by atoms with van der Waals surface area (Å²) in [4.78, 5) is 24.7. The molecule has 7 heteroatoms. The van der Waals surface area contributed by atoms with Gasteiger partial charge in [-0.3, -0.25) is 19.2 Å². The number of nitrogens with zero attached hydrogens (tertiary/aromatic N) is 3. The highest BCUT2D eigenvalue weighted by Gasteiger charge is 2.22. The van der Waals surface area contributed by atoms with Crippen molar-refractivity contribution in [2.45, 2.75) is 32.2 Å². The van der Waals surface area contributed by atoms with Gasteiger partial charge in [-0.1, -0.05) is 25.2 Å². The van der Waals surface area contributed by atoms with Gasteiger partial charge in [0.1, 0.15) is 6.42 Å². The average molecular weight is 380 g/mol. The number of amides is 1. The van der Waals surface area contributed by atoms with Gasteiger partial charge in [0.25, 0.3) is 0 Å². The van der Waals surface area contributed by atoms with E-state index in [2.05, 4.69) is 22.6 Å². The topological polar surface area (TPSA) is 87.5 Å². The molecule has 7 nitrogen and oxygen atoms in total. The molecule has 146 valence electrons. The number of aromatic nitrogens is 2. The normalized spacial score (nSPS) is 20.0. The smallest absolute Gasteiger partial charge is 0.312 e. The van der Waals surface area contributed by atoms with Crippen LogP contribution in [0.15, 0.2) is 66.4 Å². The molecule has 2 N–H and O–H groups in total. The highest BCUT2D eigenvalue weighted by Crippen LogP contribution is 2.26. The zero-order valence-electron chi connectivity index (χ0n) is 16.0. The number of nitrogens with one attached hydrogen (secondary N) is 1. The number of dihydropyridines is 1. The maximum Gasteiger partial charge on any atom is 0.312 e. The van der Waals surface area contributed by atoms with Gasteiger partial charge in [-0.25, -0.2) is 0 Å². The van der Waals surface area contributed by atoms with E-state index in [1.165, 1.54) is 4.90 Å². The van der Waals surface area contributed by atoms with Crippen LogP contribution in [0.5, 0.6) is 0 Å². The Morgan fingerprint density at radius 2 is 2.11 bits per heavy atom. The second-order valence-electron chi connectivity index (χ2n) is 6.72. The molecule has 1 unspecified atom stereocenters. The molecule has 0 bridgehead atoms. The third-order valence-corrected chi connectivity index (χ3v) is 4.69. The lowest BCUT2D eigenvalue weighted by atomic mass is 9.97. The van der Waals surface area contributed by atoms with E-state index in [4.69, 9.17) is 5.11 Å². The Balaban J connectivity index is 1.74. The summed E-state index contributed by atoms with van der Waals surface area (Å²) in [6, 6.07) is 0.0959. The fourth-order valence-corrected chi connectivity index (χ4v) is 3.26. The fraction of sp³-hybridized carbons (Fsp3) is 0.286. The van der Waals surface area contributed by atoms with Crippen molar-refractivity contribution in [3.05, 3.63) is 72.0 Å². The van der Waals surface area contributed by atoms with E-state index in [9.17, 15) is 9.59 Å². The molecule has 1 amide bonds. The van der Waals surface area contributed by atoms with Gasteiger partial charge in [-0.15, -0.1) is 0 Å². The molecule has 3 rings (SSSR count). The zero-order chi connectivity index (χ0) is 20.1. The minimum Gasteiger partial charge on any atom is -0.481 e. The standard InChI is InChI=1S/C21H24N4O3/c1-3-15(19-6-4-5-9-25(19)20(26)11-21(27)28)10-18-8-7-16(12-22-18)17-13-23-24(2)14-17/h4-9,12-14,18,22H,3,10-11H2,1-2H3,(H,27,28)/b19-15+. The van der Waals surface area contributed by atoms with E-state index < -0.39 is 18.3 Å². The third-order valence-electron chi connectivity index (χ3n) is 4.69. The van der Waals surface area contributed by atoms with Gasteiger partial charge in [-0.2, -0.15) is 5.10 Å². The molecule has 1 atom stereocenters. The van der Waals surface area contributed by atoms with Crippen molar-refractivity contribution in [1.82, 2.24) is 20.0 Å². The molecule has 1 aromatic heterocycles. The van der Waals surface area contributed by atoms with Gasteiger partial charge in [0.15, 0.2) is 0 Å². The van der Waals surface area contributed by atoms with Crippen molar-refractivity contribution in [2.24, 2.45) is 7.05 Å². The lowest BCUT2D eigenvalue weighted by Gasteiger charge is -2.27. The van der Waals surface area contributed by atoms with Crippen molar-refractivity contribution >= 4 is 17.4 Å². The average Bonchev–Trinajstić information content (AvgIpc) is 3.12. The van der Waals surface area contributed by atoms with Crippen LogP contribution >= 0.6 is 0 Å². The molecule has 0 saturated carbocycles. The van der Waals surface area contributed by atoms with Crippen molar-refractivity contribution in [3.8, 4) is 0 Å². The lowest BCUT2D eigenvalue weighted by Crippen LogP contribution is -2.30. The molecule has 1 aromatic rings. The number of hydrogen-bond donors (Lipinski definition) is 2. The summed E-state index contributed by atoms with van der Waals surface area (Å²) in [5.74, 6) is -1.57. The van der Waals surface area contributed by atoms with Crippen molar-refractivity contribution < 1.29 is 14.7 Å². The number of hydrogen-bond acceptors (Lipinski definition) is 4. The summed E-state index contributed by atoms with van der Waals surface area (Å²) >= 11 is 0. The van der Waals surface area contributed by atoms with Crippen LogP contribution in [0.4, 0.5) is 0 Å². The van der Waals surface area contributed by atoms with Crippen LogP contribution in [-0.4, -0.2) is 37.7 Å². The molecule has 0 radical (unpaired) electrons. The van der Waals surface area contributed by atoms with Gasteiger partial charge in [0.05, 0.1) is 6.20 Å². The van der Waals surface area contributed by atoms with Gasteiger partial charge in [0.2, 0.25) is 5.91 Å². The Bertz CT molecular complexity index is 918. The van der Waals surface area contributed by atoms with E-state index in [-0.39, 0.29) is 6.04 Å². The van der Waals surface area contributed by atoms with E-state index in [0.29, 0.717) is 6.42 Å². The van der Waals surface area contributed by atoms with E-state index in [1.807, 2.05) is 44.7 Å². The number of allylic oxidation sites excluding steroid dienone is 5. The largest absolute Gasteiger partial charge is 0.481 e. The number of aryl methyl sites for hydroxylation is 1. The van der Waals surface area contributed by atoms with E-state index >= 15 is 0 Å². The molecule has 3 heterocycles. The van der Waals surface area contributed by atoms with Crippen LogP contribution in [0.25, 0.3) is 5.57 Å².